The van der Waals surface area contributed by atoms with E-state index in [0.717, 1.165) is 11.6 Å². The van der Waals surface area contributed by atoms with Crippen molar-refractivity contribution in [1.29, 1.82) is 0 Å². The lowest BCUT2D eigenvalue weighted by atomic mass is 9.95. The normalized spacial score (nSPS) is 17.1. The molecular formula is C20H18F2N2O3. The van der Waals surface area contributed by atoms with Gasteiger partial charge < -0.3 is 14.3 Å². The first-order chi connectivity index (χ1) is 12.9. The third-order valence-electron chi connectivity index (χ3n) is 5.22. The smallest absolute Gasteiger partial charge is 0.257 e. The van der Waals surface area contributed by atoms with Crippen molar-refractivity contribution in [3.63, 3.8) is 0 Å². The third kappa shape index (κ3) is 2.74. The molecular weight excluding hydrogens is 354 g/mol. The molecule has 1 unspecified atom stereocenters. The zero-order valence-corrected chi connectivity index (χ0v) is 14.9. The fourth-order valence-electron chi connectivity index (χ4n) is 3.65. The van der Waals surface area contributed by atoms with Gasteiger partial charge in [0.15, 0.2) is 11.6 Å². The number of hydrogen-bond donors (Lipinski definition) is 1. The lowest BCUT2D eigenvalue weighted by molar-refractivity contribution is 0.0938. The van der Waals surface area contributed by atoms with E-state index in [-0.39, 0.29) is 28.6 Å². The lowest BCUT2D eigenvalue weighted by Gasteiger charge is -2.27. The fourth-order valence-corrected chi connectivity index (χ4v) is 3.65. The second-order valence-electron chi connectivity index (χ2n) is 6.97. The van der Waals surface area contributed by atoms with Crippen LogP contribution in [0.5, 0.6) is 0 Å². The number of furan rings is 1. The summed E-state index contributed by atoms with van der Waals surface area (Å²) in [5.74, 6) is -2.56. The lowest BCUT2D eigenvalue weighted by Crippen LogP contribution is -2.33. The Morgan fingerprint density at radius 2 is 2.19 bits per heavy atom. The van der Waals surface area contributed by atoms with E-state index in [1.165, 1.54) is 18.7 Å². The van der Waals surface area contributed by atoms with Crippen LogP contribution in [0.3, 0.4) is 0 Å². The van der Waals surface area contributed by atoms with Crippen molar-refractivity contribution in [1.82, 2.24) is 9.88 Å². The number of pyridine rings is 1. The van der Waals surface area contributed by atoms with Gasteiger partial charge >= 0.3 is 0 Å². The number of carbonyl (C=O) groups excluding carboxylic acids is 1. The highest BCUT2D eigenvalue weighted by Crippen LogP contribution is 2.32. The Morgan fingerprint density at radius 3 is 2.89 bits per heavy atom. The molecule has 140 valence electrons. The summed E-state index contributed by atoms with van der Waals surface area (Å²) >= 11 is 0. The SMILES string of the molecule is CC(NC(=O)c1cn2c3c(c(F)c(F)cc3c1=O)CC[C@H]2C)c1ccoc1. The number of nitrogens with zero attached hydrogens (tertiary/aromatic N) is 1. The Kier molecular flexibility index (Phi) is 4.09. The van der Waals surface area contributed by atoms with E-state index in [1.54, 1.807) is 17.6 Å². The Hall–Kier alpha value is -2.96. The Balaban J connectivity index is 1.85. The number of carbonyl (C=O) groups is 1. The van der Waals surface area contributed by atoms with Crippen LogP contribution in [0, 0.1) is 11.6 Å². The maximum atomic E-state index is 14.2. The number of halogens is 2. The van der Waals surface area contributed by atoms with Gasteiger partial charge in [-0.15, -0.1) is 0 Å². The Labute approximate surface area is 153 Å². The van der Waals surface area contributed by atoms with E-state index in [2.05, 4.69) is 5.32 Å². The van der Waals surface area contributed by atoms with Gasteiger partial charge in [-0.25, -0.2) is 8.78 Å². The first-order valence-corrected chi connectivity index (χ1v) is 8.77. The first kappa shape index (κ1) is 17.5. The van der Waals surface area contributed by atoms with E-state index in [4.69, 9.17) is 4.42 Å². The van der Waals surface area contributed by atoms with Crippen molar-refractivity contribution in [2.75, 3.05) is 0 Å². The highest BCUT2D eigenvalue weighted by atomic mass is 19.2. The van der Waals surface area contributed by atoms with Crippen LogP contribution in [0.2, 0.25) is 0 Å². The standard InChI is InChI=1S/C20H18F2N2O3/c1-10-3-4-13-17(22)16(21)7-14-18(13)24(10)8-15(19(14)25)20(26)23-11(2)12-5-6-27-9-12/h5-11H,3-4H2,1-2H3,(H,23,26)/t10-,11?/m1/s1. The molecule has 0 saturated heterocycles. The van der Waals surface area contributed by atoms with E-state index < -0.39 is 23.0 Å². The molecule has 3 heterocycles. The van der Waals surface area contributed by atoms with Crippen LogP contribution in [-0.4, -0.2) is 10.5 Å². The molecule has 27 heavy (non-hydrogen) atoms. The summed E-state index contributed by atoms with van der Waals surface area (Å²) in [6.45, 7) is 3.69. The van der Waals surface area contributed by atoms with Crippen molar-refractivity contribution in [3.8, 4) is 0 Å². The highest BCUT2D eigenvalue weighted by molar-refractivity contribution is 5.98. The average molecular weight is 372 g/mol. The molecule has 1 aromatic carbocycles. The molecule has 0 spiro atoms. The van der Waals surface area contributed by atoms with Crippen LogP contribution < -0.4 is 10.7 Å². The van der Waals surface area contributed by atoms with E-state index >= 15 is 0 Å². The van der Waals surface area contributed by atoms with Gasteiger partial charge in [0.05, 0.1) is 24.1 Å². The number of rotatable bonds is 3. The minimum Gasteiger partial charge on any atom is -0.472 e. The maximum absolute atomic E-state index is 14.2. The quantitative estimate of drug-likeness (QED) is 0.759. The molecule has 1 aliphatic heterocycles. The summed E-state index contributed by atoms with van der Waals surface area (Å²) in [7, 11) is 0. The third-order valence-corrected chi connectivity index (χ3v) is 5.22. The monoisotopic (exact) mass is 372 g/mol. The summed E-state index contributed by atoms with van der Waals surface area (Å²) in [5.41, 5.74) is 0.626. The number of nitrogens with one attached hydrogen (secondary N) is 1. The predicted octanol–water partition coefficient (Wildman–Crippen LogP) is 3.87. The van der Waals surface area contributed by atoms with E-state index in [0.29, 0.717) is 18.4 Å². The van der Waals surface area contributed by atoms with Crippen LogP contribution in [-0.2, 0) is 6.42 Å². The van der Waals surface area contributed by atoms with E-state index in [1.807, 2.05) is 6.92 Å². The van der Waals surface area contributed by atoms with Crippen molar-refractivity contribution in [3.05, 3.63) is 69.4 Å². The molecule has 2 atom stereocenters. The zero-order valence-electron chi connectivity index (χ0n) is 14.9. The van der Waals surface area contributed by atoms with Gasteiger partial charge in [-0.2, -0.15) is 0 Å². The number of aromatic nitrogens is 1. The molecule has 0 fully saturated rings. The van der Waals surface area contributed by atoms with Gasteiger partial charge in [-0.05, 0) is 38.8 Å². The summed E-state index contributed by atoms with van der Waals surface area (Å²) in [4.78, 5) is 25.6. The topological polar surface area (TPSA) is 64.2 Å². The second kappa shape index (κ2) is 6.33. The van der Waals surface area contributed by atoms with Crippen molar-refractivity contribution < 1.29 is 18.0 Å². The molecule has 4 rings (SSSR count). The minimum absolute atomic E-state index is 0.0269. The number of hydrogen-bond acceptors (Lipinski definition) is 3. The molecule has 1 N–H and O–H groups in total. The molecule has 1 amide bonds. The average Bonchev–Trinajstić information content (AvgIpc) is 3.17. The molecule has 1 aliphatic rings. The van der Waals surface area contributed by atoms with Crippen LogP contribution in [0.1, 0.15) is 53.8 Å². The highest BCUT2D eigenvalue weighted by Gasteiger charge is 2.27. The van der Waals surface area contributed by atoms with Gasteiger partial charge in [0.25, 0.3) is 5.91 Å². The fraction of sp³-hybridized carbons (Fsp3) is 0.300. The maximum Gasteiger partial charge on any atom is 0.257 e. The van der Waals surface area contributed by atoms with Crippen molar-refractivity contribution >= 4 is 16.8 Å². The van der Waals surface area contributed by atoms with Gasteiger partial charge in [0.1, 0.15) is 5.56 Å². The molecule has 0 aliphatic carbocycles. The zero-order chi connectivity index (χ0) is 19.3. The van der Waals surface area contributed by atoms with Gasteiger partial charge in [-0.1, -0.05) is 0 Å². The molecule has 0 saturated carbocycles. The largest absolute Gasteiger partial charge is 0.472 e. The second-order valence-corrected chi connectivity index (χ2v) is 6.97. The molecule has 0 radical (unpaired) electrons. The van der Waals surface area contributed by atoms with Crippen LogP contribution in [0.15, 0.2) is 40.1 Å². The number of aryl methyl sites for hydroxylation is 1. The van der Waals surface area contributed by atoms with Crippen molar-refractivity contribution in [2.24, 2.45) is 0 Å². The minimum atomic E-state index is -1.07. The molecule has 3 aromatic rings. The number of benzene rings is 1. The van der Waals surface area contributed by atoms with Crippen LogP contribution in [0.4, 0.5) is 8.78 Å². The summed E-state index contributed by atoms with van der Waals surface area (Å²) in [6.07, 6.45) is 5.40. The number of amides is 1. The molecule has 0 bridgehead atoms. The van der Waals surface area contributed by atoms with Crippen LogP contribution >= 0.6 is 0 Å². The van der Waals surface area contributed by atoms with Gasteiger partial charge in [0.2, 0.25) is 5.43 Å². The summed E-state index contributed by atoms with van der Waals surface area (Å²) < 4.78 is 34.9. The van der Waals surface area contributed by atoms with Gasteiger partial charge in [-0.3, -0.25) is 9.59 Å². The molecule has 7 heteroatoms. The Bertz CT molecular complexity index is 1100. The summed E-state index contributed by atoms with van der Waals surface area (Å²) in [6, 6.07) is 2.20. The van der Waals surface area contributed by atoms with Crippen molar-refractivity contribution in [2.45, 2.75) is 38.8 Å². The molecule has 2 aromatic heterocycles. The first-order valence-electron chi connectivity index (χ1n) is 8.77. The van der Waals surface area contributed by atoms with Gasteiger partial charge in [0, 0.05) is 28.8 Å². The summed E-state index contributed by atoms with van der Waals surface area (Å²) in [5, 5.41) is 2.78. The molecule has 5 nitrogen and oxygen atoms in total. The Morgan fingerprint density at radius 1 is 1.41 bits per heavy atom. The van der Waals surface area contributed by atoms with E-state index in [9.17, 15) is 18.4 Å². The predicted molar refractivity (Wildman–Crippen MR) is 95.7 cm³/mol. The van der Waals surface area contributed by atoms with Crippen LogP contribution in [0.25, 0.3) is 10.9 Å².